The number of nitrogens with one attached hydrogen (secondary N) is 1. The van der Waals surface area contributed by atoms with Gasteiger partial charge < -0.3 is 15.3 Å². The lowest BCUT2D eigenvalue weighted by Gasteiger charge is -2.31. The van der Waals surface area contributed by atoms with Crippen molar-refractivity contribution in [3.8, 4) is 0 Å². The molecule has 1 aliphatic heterocycles. The summed E-state index contributed by atoms with van der Waals surface area (Å²) in [4.78, 5) is 13.3. The Kier molecular flexibility index (Phi) is 4.23. The summed E-state index contributed by atoms with van der Waals surface area (Å²) in [5.74, 6) is 0.0131. The SMILES string of the molecule is O=C(NCC(F)(F)F)N1CCCC1C1CCCC1O. The molecular formula is C12H19F3N2O2. The molecule has 1 saturated carbocycles. The molecule has 3 atom stereocenters. The number of hydrogen-bond acceptors (Lipinski definition) is 2. The molecule has 1 aliphatic carbocycles. The quantitative estimate of drug-likeness (QED) is 0.811. The molecule has 0 radical (unpaired) electrons. The normalized spacial score (nSPS) is 31.8. The summed E-state index contributed by atoms with van der Waals surface area (Å²) in [6, 6.07) is -0.787. The van der Waals surface area contributed by atoms with Crippen LogP contribution in [0.25, 0.3) is 0 Å². The summed E-state index contributed by atoms with van der Waals surface area (Å²) in [5, 5.41) is 11.8. The molecule has 0 aromatic rings. The molecule has 0 spiro atoms. The molecule has 110 valence electrons. The first kappa shape index (κ1) is 14.4. The van der Waals surface area contributed by atoms with E-state index in [1.54, 1.807) is 0 Å². The fraction of sp³-hybridized carbons (Fsp3) is 0.917. The summed E-state index contributed by atoms with van der Waals surface area (Å²) in [6.07, 6.45) is -0.790. The maximum atomic E-state index is 12.1. The Hall–Kier alpha value is -0.980. The zero-order chi connectivity index (χ0) is 14.0. The van der Waals surface area contributed by atoms with Crippen LogP contribution >= 0.6 is 0 Å². The lowest BCUT2D eigenvalue weighted by Crippen LogP contribution is -2.49. The van der Waals surface area contributed by atoms with E-state index in [1.165, 1.54) is 4.90 Å². The van der Waals surface area contributed by atoms with Crippen molar-refractivity contribution in [3.05, 3.63) is 0 Å². The molecule has 3 unspecified atom stereocenters. The average molecular weight is 280 g/mol. The molecule has 1 saturated heterocycles. The van der Waals surface area contributed by atoms with Gasteiger partial charge >= 0.3 is 12.2 Å². The van der Waals surface area contributed by atoms with E-state index < -0.39 is 24.9 Å². The van der Waals surface area contributed by atoms with E-state index in [0.717, 1.165) is 32.1 Å². The Morgan fingerprint density at radius 3 is 2.58 bits per heavy atom. The molecular weight excluding hydrogens is 261 g/mol. The third kappa shape index (κ3) is 3.52. The van der Waals surface area contributed by atoms with Gasteiger partial charge in [0.2, 0.25) is 0 Å². The van der Waals surface area contributed by atoms with Gasteiger partial charge in [0.05, 0.1) is 6.10 Å². The first-order valence-electron chi connectivity index (χ1n) is 6.68. The van der Waals surface area contributed by atoms with Crippen LogP contribution in [0.15, 0.2) is 0 Å². The number of halogens is 3. The van der Waals surface area contributed by atoms with E-state index in [0.29, 0.717) is 6.54 Å². The van der Waals surface area contributed by atoms with Crippen molar-refractivity contribution < 1.29 is 23.1 Å². The van der Waals surface area contributed by atoms with Gasteiger partial charge in [0.25, 0.3) is 0 Å². The molecule has 0 aromatic heterocycles. The third-order valence-corrected chi connectivity index (χ3v) is 4.03. The first-order valence-corrected chi connectivity index (χ1v) is 6.68. The van der Waals surface area contributed by atoms with Crippen LogP contribution in [-0.2, 0) is 0 Å². The van der Waals surface area contributed by atoms with Crippen molar-refractivity contribution in [2.75, 3.05) is 13.1 Å². The largest absolute Gasteiger partial charge is 0.405 e. The van der Waals surface area contributed by atoms with Gasteiger partial charge in [0.1, 0.15) is 6.54 Å². The fourth-order valence-corrected chi connectivity index (χ4v) is 3.19. The number of alkyl halides is 3. The van der Waals surface area contributed by atoms with Gasteiger partial charge in [-0.15, -0.1) is 0 Å². The van der Waals surface area contributed by atoms with E-state index in [4.69, 9.17) is 0 Å². The Bertz CT molecular complexity index is 335. The second kappa shape index (κ2) is 5.56. The molecule has 0 bridgehead atoms. The molecule has 7 heteroatoms. The topological polar surface area (TPSA) is 52.6 Å². The second-order valence-corrected chi connectivity index (χ2v) is 5.34. The Balaban J connectivity index is 1.92. The fourth-order valence-electron chi connectivity index (χ4n) is 3.19. The standard InChI is InChI=1S/C12H19F3N2O2/c13-12(14,15)7-16-11(19)17-6-2-4-9(17)8-3-1-5-10(8)18/h8-10,18H,1-7H2,(H,16,19). The summed E-state index contributed by atoms with van der Waals surface area (Å²) < 4.78 is 36.3. The number of aliphatic hydroxyl groups excluding tert-OH is 1. The monoisotopic (exact) mass is 280 g/mol. The van der Waals surface area contributed by atoms with Gasteiger partial charge in [-0.3, -0.25) is 0 Å². The number of nitrogens with zero attached hydrogens (tertiary/aromatic N) is 1. The summed E-state index contributed by atoms with van der Waals surface area (Å²) >= 11 is 0. The number of carbonyl (C=O) groups excluding carboxylic acids is 1. The van der Waals surface area contributed by atoms with Gasteiger partial charge in [-0.1, -0.05) is 6.42 Å². The molecule has 2 amide bonds. The Labute approximate surface area is 110 Å². The highest BCUT2D eigenvalue weighted by Crippen LogP contribution is 2.35. The predicted octanol–water partition coefficient (Wildman–Crippen LogP) is 1.88. The molecule has 4 nitrogen and oxygen atoms in total. The maximum absolute atomic E-state index is 12.1. The molecule has 0 aromatic carbocycles. The maximum Gasteiger partial charge on any atom is 0.405 e. The number of rotatable bonds is 2. The highest BCUT2D eigenvalue weighted by atomic mass is 19.4. The Morgan fingerprint density at radius 2 is 2.00 bits per heavy atom. The highest BCUT2D eigenvalue weighted by molar-refractivity contribution is 5.75. The Morgan fingerprint density at radius 1 is 1.26 bits per heavy atom. The van der Waals surface area contributed by atoms with Crippen molar-refractivity contribution in [2.45, 2.75) is 50.4 Å². The van der Waals surface area contributed by atoms with Crippen LogP contribution in [-0.4, -0.2) is 47.4 Å². The van der Waals surface area contributed by atoms with Gasteiger partial charge in [0.15, 0.2) is 0 Å². The zero-order valence-electron chi connectivity index (χ0n) is 10.6. The minimum atomic E-state index is -4.39. The van der Waals surface area contributed by atoms with E-state index in [9.17, 15) is 23.1 Å². The van der Waals surface area contributed by atoms with E-state index in [1.807, 2.05) is 5.32 Å². The van der Waals surface area contributed by atoms with Crippen molar-refractivity contribution >= 4 is 6.03 Å². The smallest absolute Gasteiger partial charge is 0.393 e. The number of amides is 2. The van der Waals surface area contributed by atoms with Crippen LogP contribution in [0.4, 0.5) is 18.0 Å². The van der Waals surface area contributed by atoms with Crippen molar-refractivity contribution in [1.29, 1.82) is 0 Å². The van der Waals surface area contributed by atoms with Crippen molar-refractivity contribution in [1.82, 2.24) is 10.2 Å². The number of hydrogen-bond donors (Lipinski definition) is 2. The minimum absolute atomic E-state index is 0.0131. The van der Waals surface area contributed by atoms with Crippen molar-refractivity contribution in [2.24, 2.45) is 5.92 Å². The number of urea groups is 1. The van der Waals surface area contributed by atoms with Crippen LogP contribution in [0, 0.1) is 5.92 Å². The molecule has 19 heavy (non-hydrogen) atoms. The van der Waals surface area contributed by atoms with Crippen LogP contribution in [0.1, 0.15) is 32.1 Å². The van der Waals surface area contributed by atoms with E-state index >= 15 is 0 Å². The first-order chi connectivity index (χ1) is 8.88. The van der Waals surface area contributed by atoms with E-state index in [2.05, 4.69) is 0 Å². The van der Waals surface area contributed by atoms with Crippen LogP contribution in [0.5, 0.6) is 0 Å². The molecule has 2 aliphatic rings. The zero-order valence-corrected chi connectivity index (χ0v) is 10.6. The molecule has 2 rings (SSSR count). The minimum Gasteiger partial charge on any atom is -0.393 e. The number of aliphatic hydroxyl groups is 1. The second-order valence-electron chi connectivity index (χ2n) is 5.34. The van der Waals surface area contributed by atoms with Crippen LogP contribution < -0.4 is 5.32 Å². The lowest BCUT2D eigenvalue weighted by atomic mass is 9.94. The van der Waals surface area contributed by atoms with Crippen molar-refractivity contribution in [3.63, 3.8) is 0 Å². The van der Waals surface area contributed by atoms with Gasteiger partial charge in [0, 0.05) is 18.5 Å². The lowest BCUT2D eigenvalue weighted by molar-refractivity contribution is -0.123. The van der Waals surface area contributed by atoms with Crippen LogP contribution in [0.3, 0.4) is 0 Å². The number of carbonyl (C=O) groups is 1. The molecule has 1 heterocycles. The summed E-state index contributed by atoms with van der Waals surface area (Å²) in [5.41, 5.74) is 0. The van der Waals surface area contributed by atoms with E-state index in [-0.39, 0.29) is 12.0 Å². The third-order valence-electron chi connectivity index (χ3n) is 4.03. The molecule has 2 N–H and O–H groups in total. The average Bonchev–Trinajstić information content (AvgIpc) is 2.92. The van der Waals surface area contributed by atoms with Gasteiger partial charge in [-0.25, -0.2) is 4.79 Å². The van der Waals surface area contributed by atoms with Gasteiger partial charge in [-0.05, 0) is 25.7 Å². The van der Waals surface area contributed by atoms with Gasteiger partial charge in [-0.2, -0.15) is 13.2 Å². The van der Waals surface area contributed by atoms with Crippen LogP contribution in [0.2, 0.25) is 0 Å². The number of likely N-dealkylation sites (tertiary alicyclic amines) is 1. The predicted molar refractivity (Wildman–Crippen MR) is 62.5 cm³/mol. The highest BCUT2D eigenvalue weighted by Gasteiger charge is 2.40. The summed E-state index contributed by atoms with van der Waals surface area (Å²) in [6.45, 7) is -0.833. The summed E-state index contributed by atoms with van der Waals surface area (Å²) in [7, 11) is 0. The molecule has 2 fully saturated rings.